The summed E-state index contributed by atoms with van der Waals surface area (Å²) in [4.78, 5) is 15.0. The summed E-state index contributed by atoms with van der Waals surface area (Å²) in [6.07, 6.45) is 2.00. The number of rotatable bonds is 9. The fourth-order valence-corrected chi connectivity index (χ4v) is 4.33. The maximum absolute atomic E-state index is 13.2. The second-order valence-corrected chi connectivity index (χ2v) is 8.27. The van der Waals surface area contributed by atoms with E-state index < -0.39 is 0 Å². The number of amides is 1. The molecule has 0 bridgehead atoms. The van der Waals surface area contributed by atoms with Crippen LogP contribution >= 0.6 is 0 Å². The molecule has 1 heterocycles. The van der Waals surface area contributed by atoms with E-state index in [1.54, 1.807) is 33.3 Å². The highest BCUT2D eigenvalue weighted by molar-refractivity contribution is 5.95. The Morgan fingerprint density at radius 3 is 2.06 bits per heavy atom. The van der Waals surface area contributed by atoms with Gasteiger partial charge in [0.15, 0.2) is 23.0 Å². The van der Waals surface area contributed by atoms with Crippen molar-refractivity contribution in [3.63, 3.8) is 0 Å². The van der Waals surface area contributed by atoms with Crippen molar-refractivity contribution in [3.8, 4) is 28.7 Å². The fourth-order valence-electron chi connectivity index (χ4n) is 4.33. The summed E-state index contributed by atoms with van der Waals surface area (Å²) in [5.41, 5.74) is 3.81. The Kier molecular flexibility index (Phi) is 7.65. The maximum Gasteiger partial charge on any atom is 0.227 e. The zero-order valence-electron chi connectivity index (χ0n) is 20.6. The Labute approximate surface area is 206 Å². The highest BCUT2D eigenvalue weighted by Crippen LogP contribution is 2.41. The van der Waals surface area contributed by atoms with Crippen LogP contribution in [0.4, 0.5) is 5.69 Å². The largest absolute Gasteiger partial charge is 0.493 e. The van der Waals surface area contributed by atoms with Gasteiger partial charge in [-0.1, -0.05) is 30.3 Å². The van der Waals surface area contributed by atoms with Crippen molar-refractivity contribution in [1.82, 2.24) is 0 Å². The van der Waals surface area contributed by atoms with Crippen molar-refractivity contribution >= 4 is 11.6 Å². The number of anilines is 1. The number of aryl methyl sites for hydroxylation is 1. The molecule has 35 heavy (non-hydrogen) atoms. The van der Waals surface area contributed by atoms with Crippen LogP contribution in [-0.2, 0) is 24.4 Å². The minimum absolute atomic E-state index is 0.0532. The van der Waals surface area contributed by atoms with Gasteiger partial charge >= 0.3 is 0 Å². The average Bonchev–Trinajstić information content (AvgIpc) is 3.04. The van der Waals surface area contributed by atoms with Crippen LogP contribution < -0.4 is 28.6 Å². The van der Waals surface area contributed by atoms with Crippen molar-refractivity contribution in [1.29, 1.82) is 0 Å². The summed E-state index contributed by atoms with van der Waals surface area (Å²) in [6, 6.07) is 17.6. The second-order valence-electron chi connectivity index (χ2n) is 8.27. The summed E-state index contributed by atoms with van der Waals surface area (Å²) in [5.74, 6) is 2.92. The number of carbonyl (C=O) groups excluding carboxylic acids is 1. The second kappa shape index (κ2) is 11.0. The molecule has 0 spiro atoms. The van der Waals surface area contributed by atoms with Gasteiger partial charge in [-0.3, -0.25) is 4.79 Å². The minimum atomic E-state index is 0.0532. The van der Waals surface area contributed by atoms with Crippen molar-refractivity contribution in [2.45, 2.75) is 32.4 Å². The first kappa shape index (κ1) is 24.3. The van der Waals surface area contributed by atoms with Gasteiger partial charge in [-0.25, -0.2) is 0 Å². The molecule has 7 nitrogen and oxygen atoms in total. The molecule has 3 aromatic rings. The van der Waals surface area contributed by atoms with E-state index in [0.717, 1.165) is 35.2 Å². The molecule has 184 valence electrons. The van der Waals surface area contributed by atoms with Gasteiger partial charge in [0.2, 0.25) is 11.7 Å². The number of nitrogens with zero attached hydrogens (tertiary/aromatic N) is 1. The topological polar surface area (TPSA) is 66.5 Å². The summed E-state index contributed by atoms with van der Waals surface area (Å²) in [6.45, 7) is 0.792. The lowest BCUT2D eigenvalue weighted by atomic mass is 10.1. The molecule has 0 saturated heterocycles. The highest BCUT2D eigenvalue weighted by atomic mass is 16.5. The third kappa shape index (κ3) is 5.29. The van der Waals surface area contributed by atoms with Gasteiger partial charge < -0.3 is 28.6 Å². The summed E-state index contributed by atoms with van der Waals surface area (Å²) in [7, 11) is 6.34. The third-order valence-electron chi connectivity index (χ3n) is 6.10. The zero-order chi connectivity index (χ0) is 24.8. The van der Waals surface area contributed by atoms with Crippen LogP contribution in [0.15, 0.2) is 54.6 Å². The molecule has 1 aliphatic heterocycles. The Hall–Kier alpha value is -3.87. The van der Waals surface area contributed by atoms with Crippen LogP contribution in [0, 0.1) is 0 Å². The Morgan fingerprint density at radius 1 is 0.743 bits per heavy atom. The first-order valence-corrected chi connectivity index (χ1v) is 11.5. The summed E-state index contributed by atoms with van der Waals surface area (Å²) < 4.78 is 28.2. The Bertz CT molecular complexity index is 1150. The molecule has 0 unspecified atom stereocenters. The van der Waals surface area contributed by atoms with Crippen LogP contribution in [0.3, 0.4) is 0 Å². The molecule has 4 rings (SSSR count). The van der Waals surface area contributed by atoms with Gasteiger partial charge in [-0.2, -0.15) is 0 Å². The quantitative estimate of drug-likeness (QED) is 0.424. The molecule has 0 radical (unpaired) electrons. The Morgan fingerprint density at radius 2 is 1.43 bits per heavy atom. The first-order valence-electron chi connectivity index (χ1n) is 11.5. The molecular weight excluding hydrogens is 446 g/mol. The molecule has 0 aromatic heterocycles. The number of hydrogen-bond donors (Lipinski definition) is 0. The fraction of sp³-hybridized carbons (Fsp3) is 0.321. The first-order chi connectivity index (χ1) is 17.1. The van der Waals surface area contributed by atoms with E-state index in [4.69, 9.17) is 23.7 Å². The molecule has 1 amide bonds. The van der Waals surface area contributed by atoms with E-state index in [1.165, 1.54) is 0 Å². The van der Waals surface area contributed by atoms with E-state index in [2.05, 4.69) is 0 Å². The average molecular weight is 478 g/mol. The Balaban J connectivity index is 1.68. The molecule has 0 saturated carbocycles. The lowest BCUT2D eigenvalue weighted by Gasteiger charge is -2.25. The normalized spacial score (nSPS) is 13.0. The number of methoxy groups -OCH3 is 4. The van der Waals surface area contributed by atoms with Crippen LogP contribution in [-0.4, -0.2) is 34.3 Å². The van der Waals surface area contributed by atoms with Gasteiger partial charge in [0.1, 0.15) is 6.61 Å². The molecule has 0 fully saturated rings. The predicted molar refractivity (Wildman–Crippen MR) is 134 cm³/mol. The van der Waals surface area contributed by atoms with E-state index in [0.29, 0.717) is 48.3 Å². The van der Waals surface area contributed by atoms with Crippen LogP contribution in [0.1, 0.15) is 29.5 Å². The predicted octanol–water partition coefficient (Wildman–Crippen LogP) is 5.17. The van der Waals surface area contributed by atoms with E-state index in [1.807, 2.05) is 54.6 Å². The van der Waals surface area contributed by atoms with Crippen molar-refractivity contribution in [2.75, 3.05) is 33.3 Å². The van der Waals surface area contributed by atoms with Gasteiger partial charge in [-0.05, 0) is 47.7 Å². The molecule has 0 aliphatic carbocycles. The standard InChI is InChI=1S/C28H31NO6/c1-31-23-16-22-21(15-24(23)35-18-19-9-6-5-7-10-19)11-8-12-27(30)29(22)17-20-13-25(32-2)28(34-4)26(14-20)33-3/h5-7,9-10,13-16H,8,11-12,17-18H2,1-4H3. The molecule has 3 aromatic carbocycles. The molecule has 7 heteroatoms. The number of carbonyl (C=O) groups is 1. The summed E-state index contributed by atoms with van der Waals surface area (Å²) in [5, 5.41) is 0. The van der Waals surface area contributed by atoms with Crippen LogP contribution in [0.2, 0.25) is 0 Å². The minimum Gasteiger partial charge on any atom is -0.493 e. The molecular formula is C28H31NO6. The SMILES string of the molecule is COc1cc2c(cc1OCc1ccccc1)CCCC(=O)N2Cc1cc(OC)c(OC)c(OC)c1. The van der Waals surface area contributed by atoms with Gasteiger partial charge in [-0.15, -0.1) is 0 Å². The number of hydrogen-bond acceptors (Lipinski definition) is 6. The van der Waals surface area contributed by atoms with Gasteiger partial charge in [0.05, 0.1) is 40.7 Å². The summed E-state index contributed by atoms with van der Waals surface area (Å²) >= 11 is 0. The lowest BCUT2D eigenvalue weighted by Crippen LogP contribution is -2.29. The van der Waals surface area contributed by atoms with Crippen molar-refractivity contribution in [2.24, 2.45) is 0 Å². The molecule has 0 N–H and O–H groups in total. The van der Waals surface area contributed by atoms with E-state index >= 15 is 0 Å². The van der Waals surface area contributed by atoms with Crippen molar-refractivity contribution in [3.05, 3.63) is 71.3 Å². The van der Waals surface area contributed by atoms with Crippen LogP contribution in [0.25, 0.3) is 0 Å². The number of ether oxygens (including phenoxy) is 5. The highest BCUT2D eigenvalue weighted by Gasteiger charge is 2.26. The van der Waals surface area contributed by atoms with Crippen LogP contribution in [0.5, 0.6) is 28.7 Å². The number of fused-ring (bicyclic) bond motifs is 1. The maximum atomic E-state index is 13.2. The van der Waals surface area contributed by atoms with E-state index in [9.17, 15) is 4.79 Å². The van der Waals surface area contributed by atoms with Gasteiger partial charge in [0, 0.05) is 12.5 Å². The molecule has 1 aliphatic rings. The van der Waals surface area contributed by atoms with Crippen molar-refractivity contribution < 1.29 is 28.5 Å². The molecule has 0 atom stereocenters. The smallest absolute Gasteiger partial charge is 0.227 e. The lowest BCUT2D eigenvalue weighted by molar-refractivity contribution is -0.118. The third-order valence-corrected chi connectivity index (χ3v) is 6.10. The zero-order valence-corrected chi connectivity index (χ0v) is 20.6. The van der Waals surface area contributed by atoms with Gasteiger partial charge in [0.25, 0.3) is 0 Å². The monoisotopic (exact) mass is 477 g/mol. The number of benzene rings is 3. The van der Waals surface area contributed by atoms with E-state index in [-0.39, 0.29) is 5.91 Å².